The largest absolute Gasteiger partial charge is 0.324 e. The Morgan fingerprint density at radius 1 is 1.73 bits per heavy atom. The Bertz CT molecular complexity index is 237. The lowest BCUT2D eigenvalue weighted by Gasteiger charge is -2.01. The van der Waals surface area contributed by atoms with Crippen molar-refractivity contribution in [2.24, 2.45) is 12.8 Å². The van der Waals surface area contributed by atoms with E-state index in [4.69, 9.17) is 5.73 Å². The van der Waals surface area contributed by atoms with Crippen LogP contribution in [0.3, 0.4) is 0 Å². The summed E-state index contributed by atoms with van der Waals surface area (Å²) in [6.45, 7) is 4.07. The predicted octanol–water partition coefficient (Wildman–Crippen LogP) is 1.00. The lowest BCUT2D eigenvalue weighted by atomic mass is 10.1. The van der Waals surface area contributed by atoms with Crippen molar-refractivity contribution in [2.45, 2.75) is 26.3 Å². The second kappa shape index (κ2) is 3.05. The molecule has 0 radical (unpaired) electrons. The summed E-state index contributed by atoms with van der Waals surface area (Å²) < 4.78 is 1.82. The molecule has 2 N–H and O–H groups in total. The maximum Gasteiger partial charge on any atom is 0.0669 e. The molecule has 11 heavy (non-hydrogen) atoms. The first kappa shape index (κ1) is 8.27. The van der Waals surface area contributed by atoms with Crippen LogP contribution in [0.25, 0.3) is 0 Å². The SMILES string of the molecule is CCc1nn(C)cc1C(C)N. The van der Waals surface area contributed by atoms with Crippen LogP contribution < -0.4 is 5.73 Å². The summed E-state index contributed by atoms with van der Waals surface area (Å²) in [4.78, 5) is 0. The van der Waals surface area contributed by atoms with Crippen molar-refractivity contribution in [2.75, 3.05) is 0 Å². The molecular formula is C8H15N3. The van der Waals surface area contributed by atoms with Crippen LogP contribution in [0.1, 0.15) is 31.1 Å². The quantitative estimate of drug-likeness (QED) is 0.689. The predicted molar refractivity (Wildman–Crippen MR) is 45.2 cm³/mol. The molecular weight excluding hydrogens is 138 g/mol. The number of rotatable bonds is 2. The van der Waals surface area contributed by atoms with Crippen molar-refractivity contribution in [3.05, 3.63) is 17.5 Å². The lowest BCUT2D eigenvalue weighted by Crippen LogP contribution is -2.06. The first-order valence-corrected chi connectivity index (χ1v) is 3.93. The number of aryl methyl sites for hydroxylation is 2. The molecule has 3 nitrogen and oxygen atoms in total. The minimum absolute atomic E-state index is 0.0960. The van der Waals surface area contributed by atoms with E-state index >= 15 is 0 Å². The summed E-state index contributed by atoms with van der Waals surface area (Å²) in [6.07, 6.45) is 2.95. The van der Waals surface area contributed by atoms with Gasteiger partial charge in [0.05, 0.1) is 5.69 Å². The summed E-state index contributed by atoms with van der Waals surface area (Å²) >= 11 is 0. The third-order valence-corrected chi connectivity index (χ3v) is 1.76. The fourth-order valence-corrected chi connectivity index (χ4v) is 1.21. The van der Waals surface area contributed by atoms with Crippen LogP contribution in [0.5, 0.6) is 0 Å². The second-order valence-corrected chi connectivity index (χ2v) is 2.85. The number of hydrogen-bond acceptors (Lipinski definition) is 2. The second-order valence-electron chi connectivity index (χ2n) is 2.85. The van der Waals surface area contributed by atoms with Crippen molar-refractivity contribution >= 4 is 0 Å². The first-order chi connectivity index (χ1) is 5.15. The molecule has 0 amide bonds. The van der Waals surface area contributed by atoms with Crippen molar-refractivity contribution < 1.29 is 0 Å². The minimum Gasteiger partial charge on any atom is -0.324 e. The van der Waals surface area contributed by atoms with E-state index in [0.29, 0.717) is 0 Å². The van der Waals surface area contributed by atoms with Crippen LogP contribution in [0.4, 0.5) is 0 Å². The van der Waals surface area contributed by atoms with Crippen LogP contribution in [-0.2, 0) is 13.5 Å². The fourth-order valence-electron chi connectivity index (χ4n) is 1.21. The highest BCUT2D eigenvalue weighted by Crippen LogP contribution is 2.13. The highest BCUT2D eigenvalue weighted by Gasteiger charge is 2.08. The van der Waals surface area contributed by atoms with Crippen molar-refractivity contribution in [3.8, 4) is 0 Å². The van der Waals surface area contributed by atoms with E-state index in [1.807, 2.05) is 24.9 Å². The molecule has 0 aliphatic carbocycles. The maximum atomic E-state index is 5.75. The van der Waals surface area contributed by atoms with Gasteiger partial charge in [0.1, 0.15) is 0 Å². The average Bonchev–Trinajstić information content (AvgIpc) is 2.30. The number of hydrogen-bond donors (Lipinski definition) is 1. The van der Waals surface area contributed by atoms with Crippen LogP contribution in [0, 0.1) is 0 Å². The molecule has 0 fully saturated rings. The molecule has 3 heteroatoms. The van der Waals surface area contributed by atoms with E-state index in [-0.39, 0.29) is 6.04 Å². The molecule has 1 aromatic heterocycles. The smallest absolute Gasteiger partial charge is 0.0669 e. The molecule has 1 heterocycles. The van der Waals surface area contributed by atoms with E-state index in [2.05, 4.69) is 12.0 Å². The number of nitrogens with zero attached hydrogens (tertiary/aromatic N) is 2. The third-order valence-electron chi connectivity index (χ3n) is 1.76. The summed E-state index contributed by atoms with van der Waals surface area (Å²) in [5.74, 6) is 0. The van der Waals surface area contributed by atoms with Gasteiger partial charge in [0.25, 0.3) is 0 Å². The molecule has 62 valence electrons. The molecule has 0 aliphatic rings. The molecule has 0 saturated heterocycles. The minimum atomic E-state index is 0.0960. The Morgan fingerprint density at radius 2 is 2.36 bits per heavy atom. The van der Waals surface area contributed by atoms with E-state index in [9.17, 15) is 0 Å². The summed E-state index contributed by atoms with van der Waals surface area (Å²) in [6, 6.07) is 0.0960. The third kappa shape index (κ3) is 1.60. The Hall–Kier alpha value is -0.830. The highest BCUT2D eigenvalue weighted by molar-refractivity contribution is 5.20. The van der Waals surface area contributed by atoms with Gasteiger partial charge in [-0.1, -0.05) is 6.92 Å². The fraction of sp³-hybridized carbons (Fsp3) is 0.625. The maximum absolute atomic E-state index is 5.75. The Labute approximate surface area is 67.2 Å². The van der Waals surface area contributed by atoms with Gasteiger partial charge in [-0.2, -0.15) is 5.10 Å². The van der Waals surface area contributed by atoms with Crippen LogP contribution in [0.2, 0.25) is 0 Å². The monoisotopic (exact) mass is 153 g/mol. The van der Waals surface area contributed by atoms with Crippen LogP contribution in [0.15, 0.2) is 6.20 Å². The Balaban J connectivity index is 3.02. The van der Waals surface area contributed by atoms with E-state index in [1.165, 1.54) is 0 Å². The van der Waals surface area contributed by atoms with E-state index in [0.717, 1.165) is 17.7 Å². The average molecular weight is 153 g/mol. The normalized spacial score (nSPS) is 13.5. The molecule has 0 aromatic carbocycles. The van der Waals surface area contributed by atoms with Crippen molar-refractivity contribution in [1.29, 1.82) is 0 Å². The van der Waals surface area contributed by atoms with Gasteiger partial charge in [-0.3, -0.25) is 4.68 Å². The van der Waals surface area contributed by atoms with Gasteiger partial charge in [0.2, 0.25) is 0 Å². The summed E-state index contributed by atoms with van der Waals surface area (Å²) in [5, 5.41) is 4.29. The number of nitrogens with two attached hydrogens (primary N) is 1. The van der Waals surface area contributed by atoms with Gasteiger partial charge in [0, 0.05) is 24.8 Å². The van der Waals surface area contributed by atoms with Gasteiger partial charge in [0.15, 0.2) is 0 Å². The van der Waals surface area contributed by atoms with Gasteiger partial charge < -0.3 is 5.73 Å². The molecule has 1 rings (SSSR count). The standard InChI is InChI=1S/C8H15N3/c1-4-8-7(6(2)9)5-11(3)10-8/h5-6H,4,9H2,1-3H3. The number of aromatic nitrogens is 2. The Morgan fingerprint density at radius 3 is 2.73 bits per heavy atom. The van der Waals surface area contributed by atoms with Crippen molar-refractivity contribution in [1.82, 2.24) is 9.78 Å². The molecule has 1 unspecified atom stereocenters. The van der Waals surface area contributed by atoms with Gasteiger partial charge in [-0.25, -0.2) is 0 Å². The molecule has 1 aromatic rings. The highest BCUT2D eigenvalue weighted by atomic mass is 15.3. The first-order valence-electron chi connectivity index (χ1n) is 3.93. The van der Waals surface area contributed by atoms with Gasteiger partial charge in [-0.15, -0.1) is 0 Å². The molecule has 0 aliphatic heterocycles. The summed E-state index contributed by atoms with van der Waals surface area (Å²) in [7, 11) is 1.92. The molecule has 1 atom stereocenters. The van der Waals surface area contributed by atoms with Gasteiger partial charge in [-0.05, 0) is 13.3 Å². The lowest BCUT2D eigenvalue weighted by molar-refractivity contribution is 0.746. The van der Waals surface area contributed by atoms with Crippen LogP contribution >= 0.6 is 0 Å². The zero-order valence-electron chi connectivity index (χ0n) is 7.33. The van der Waals surface area contributed by atoms with E-state index < -0.39 is 0 Å². The Kier molecular flexibility index (Phi) is 2.29. The van der Waals surface area contributed by atoms with Crippen LogP contribution in [-0.4, -0.2) is 9.78 Å². The topological polar surface area (TPSA) is 43.8 Å². The molecule has 0 spiro atoms. The van der Waals surface area contributed by atoms with Gasteiger partial charge >= 0.3 is 0 Å². The zero-order chi connectivity index (χ0) is 8.43. The molecule has 0 bridgehead atoms. The summed E-state index contributed by atoms with van der Waals surface area (Å²) in [5.41, 5.74) is 8.03. The van der Waals surface area contributed by atoms with Crippen molar-refractivity contribution in [3.63, 3.8) is 0 Å². The van der Waals surface area contributed by atoms with E-state index in [1.54, 1.807) is 0 Å². The zero-order valence-corrected chi connectivity index (χ0v) is 7.33. The molecule has 0 saturated carbocycles.